The zero-order valence-electron chi connectivity index (χ0n) is 15.7. The van der Waals surface area contributed by atoms with Gasteiger partial charge in [0.25, 0.3) is 11.5 Å². The van der Waals surface area contributed by atoms with Crippen LogP contribution in [0.25, 0.3) is 10.9 Å². The van der Waals surface area contributed by atoms with Gasteiger partial charge in [0.2, 0.25) is 0 Å². The summed E-state index contributed by atoms with van der Waals surface area (Å²) in [6.07, 6.45) is 3.59. The first-order chi connectivity index (χ1) is 13.0. The minimum absolute atomic E-state index is 0.0109. The first-order valence-electron chi connectivity index (χ1n) is 9.34. The van der Waals surface area contributed by atoms with Gasteiger partial charge in [-0.25, -0.2) is 4.98 Å². The van der Waals surface area contributed by atoms with Crippen molar-refractivity contribution in [2.75, 3.05) is 13.1 Å². The number of carbonyl (C=O) groups excluding carboxylic acids is 1. The molecule has 5 nitrogen and oxygen atoms in total. The van der Waals surface area contributed by atoms with Gasteiger partial charge in [0.15, 0.2) is 0 Å². The van der Waals surface area contributed by atoms with Crippen LogP contribution in [0.2, 0.25) is 0 Å². The van der Waals surface area contributed by atoms with E-state index in [1.54, 1.807) is 25.2 Å². The summed E-state index contributed by atoms with van der Waals surface area (Å²) in [5, 5.41) is 0.535. The summed E-state index contributed by atoms with van der Waals surface area (Å²) in [5.74, 6) is 0.380. The largest absolute Gasteiger partial charge is 0.338 e. The third-order valence-electron chi connectivity index (χ3n) is 5.39. The minimum atomic E-state index is -0.100. The van der Waals surface area contributed by atoms with E-state index >= 15 is 0 Å². The molecule has 2 aromatic carbocycles. The standard InChI is InChI=1S/C22H23N3O2/c1-15-5-3-6-16(11-15)18-7-4-10-25(13-18)21(26)17-8-9-19-20(12-17)23-14-24(2)22(19)27/h3,5-6,8-9,11-12,14,18H,4,7,10,13H2,1-2H3/t18-/m1/s1. The second-order valence-corrected chi connectivity index (χ2v) is 7.40. The first kappa shape index (κ1) is 17.5. The Morgan fingerprint density at radius 3 is 2.85 bits per heavy atom. The fraction of sp³-hybridized carbons (Fsp3) is 0.318. The molecule has 0 spiro atoms. The van der Waals surface area contributed by atoms with E-state index in [1.807, 2.05) is 4.90 Å². The third-order valence-corrected chi connectivity index (χ3v) is 5.39. The molecule has 138 valence electrons. The molecule has 0 unspecified atom stereocenters. The van der Waals surface area contributed by atoms with Crippen molar-refractivity contribution in [1.29, 1.82) is 0 Å². The molecule has 1 atom stereocenters. The average Bonchev–Trinajstić information content (AvgIpc) is 2.70. The summed E-state index contributed by atoms with van der Waals surface area (Å²) in [4.78, 5) is 31.4. The van der Waals surface area contributed by atoms with Gasteiger partial charge in [-0.3, -0.25) is 9.59 Å². The molecule has 1 aromatic heterocycles. The van der Waals surface area contributed by atoms with Crippen molar-refractivity contribution in [1.82, 2.24) is 14.5 Å². The minimum Gasteiger partial charge on any atom is -0.338 e. The van der Waals surface area contributed by atoms with Crippen molar-refractivity contribution in [3.05, 3.63) is 75.8 Å². The zero-order valence-corrected chi connectivity index (χ0v) is 15.7. The lowest BCUT2D eigenvalue weighted by Gasteiger charge is -2.33. The Hall–Kier alpha value is -2.95. The molecule has 3 aromatic rings. The molecule has 0 saturated carbocycles. The lowest BCUT2D eigenvalue weighted by atomic mass is 9.89. The molecule has 1 fully saturated rings. The van der Waals surface area contributed by atoms with Crippen molar-refractivity contribution in [2.24, 2.45) is 7.05 Å². The normalized spacial score (nSPS) is 17.3. The molecule has 1 aliphatic heterocycles. The summed E-state index contributed by atoms with van der Waals surface area (Å²) in [7, 11) is 1.67. The molecule has 2 heterocycles. The summed E-state index contributed by atoms with van der Waals surface area (Å²) in [6.45, 7) is 3.59. The molecular formula is C22H23N3O2. The van der Waals surface area contributed by atoms with Gasteiger partial charge in [-0.1, -0.05) is 29.8 Å². The highest BCUT2D eigenvalue weighted by molar-refractivity contribution is 5.97. The number of amides is 1. The molecule has 4 rings (SSSR count). The molecule has 5 heteroatoms. The van der Waals surface area contributed by atoms with Crippen LogP contribution in [-0.4, -0.2) is 33.4 Å². The van der Waals surface area contributed by atoms with Gasteiger partial charge >= 0.3 is 0 Å². The number of piperidine rings is 1. The molecule has 1 saturated heterocycles. The van der Waals surface area contributed by atoms with Crippen LogP contribution in [0.1, 0.15) is 40.2 Å². The maximum atomic E-state index is 13.1. The predicted octanol–water partition coefficient (Wildman–Crippen LogP) is 3.26. The Bertz CT molecular complexity index is 1070. The van der Waals surface area contributed by atoms with E-state index < -0.39 is 0 Å². The Morgan fingerprint density at radius 2 is 2.04 bits per heavy atom. The second kappa shape index (κ2) is 6.99. The number of aromatic nitrogens is 2. The van der Waals surface area contributed by atoms with Crippen molar-refractivity contribution >= 4 is 16.8 Å². The maximum absolute atomic E-state index is 13.1. The number of hydrogen-bond acceptors (Lipinski definition) is 3. The van der Waals surface area contributed by atoms with E-state index in [0.717, 1.165) is 25.9 Å². The fourth-order valence-electron chi connectivity index (χ4n) is 3.88. The van der Waals surface area contributed by atoms with Crippen molar-refractivity contribution in [3.8, 4) is 0 Å². The third kappa shape index (κ3) is 3.37. The van der Waals surface area contributed by atoms with Gasteiger partial charge < -0.3 is 9.47 Å². The van der Waals surface area contributed by atoms with Gasteiger partial charge in [-0.05, 0) is 43.5 Å². The van der Waals surface area contributed by atoms with E-state index in [2.05, 4.69) is 36.2 Å². The van der Waals surface area contributed by atoms with Gasteiger partial charge in [0.1, 0.15) is 0 Å². The monoisotopic (exact) mass is 361 g/mol. The highest BCUT2D eigenvalue weighted by atomic mass is 16.2. The van der Waals surface area contributed by atoms with Crippen molar-refractivity contribution in [3.63, 3.8) is 0 Å². The lowest BCUT2D eigenvalue weighted by Crippen LogP contribution is -2.39. The quantitative estimate of drug-likeness (QED) is 0.704. The van der Waals surface area contributed by atoms with Crippen molar-refractivity contribution in [2.45, 2.75) is 25.7 Å². The molecule has 1 aliphatic rings. The topological polar surface area (TPSA) is 55.2 Å². The van der Waals surface area contributed by atoms with E-state index in [0.29, 0.717) is 22.4 Å². The molecular weight excluding hydrogens is 338 g/mol. The predicted molar refractivity (Wildman–Crippen MR) is 106 cm³/mol. The molecule has 0 bridgehead atoms. The molecule has 1 amide bonds. The maximum Gasteiger partial charge on any atom is 0.260 e. The number of likely N-dealkylation sites (tertiary alicyclic amines) is 1. The number of nitrogens with zero attached hydrogens (tertiary/aromatic N) is 3. The van der Waals surface area contributed by atoms with Crippen molar-refractivity contribution < 1.29 is 4.79 Å². The average molecular weight is 361 g/mol. The summed E-state index contributed by atoms with van der Waals surface area (Å²) >= 11 is 0. The van der Waals surface area contributed by atoms with Gasteiger partial charge in [0, 0.05) is 31.6 Å². The van der Waals surface area contributed by atoms with Crippen LogP contribution in [-0.2, 0) is 7.05 Å². The van der Waals surface area contributed by atoms with Crippen LogP contribution in [0.5, 0.6) is 0 Å². The number of aryl methyl sites for hydroxylation is 2. The zero-order chi connectivity index (χ0) is 19.0. The van der Waals surface area contributed by atoms with E-state index in [-0.39, 0.29) is 11.5 Å². The molecule has 0 aliphatic carbocycles. The smallest absolute Gasteiger partial charge is 0.260 e. The fourth-order valence-corrected chi connectivity index (χ4v) is 3.88. The SMILES string of the molecule is Cc1cccc([C@@H]2CCCN(C(=O)c3ccc4c(=O)n(C)cnc4c3)C2)c1. The Morgan fingerprint density at radius 1 is 1.19 bits per heavy atom. The molecule has 0 radical (unpaired) electrons. The second-order valence-electron chi connectivity index (χ2n) is 7.40. The van der Waals surface area contributed by atoms with Crippen LogP contribution in [0.4, 0.5) is 0 Å². The molecule has 0 N–H and O–H groups in total. The Labute approximate surface area is 158 Å². The number of hydrogen-bond donors (Lipinski definition) is 0. The number of fused-ring (bicyclic) bond motifs is 1. The first-order valence-corrected chi connectivity index (χ1v) is 9.34. The van der Waals surface area contributed by atoms with E-state index in [9.17, 15) is 9.59 Å². The summed E-state index contributed by atoms with van der Waals surface area (Å²) < 4.78 is 1.45. The van der Waals surface area contributed by atoms with Crippen LogP contribution in [0.3, 0.4) is 0 Å². The number of carbonyl (C=O) groups is 1. The number of benzene rings is 2. The van der Waals surface area contributed by atoms with Gasteiger partial charge in [0.05, 0.1) is 17.2 Å². The van der Waals surface area contributed by atoms with E-state index in [1.165, 1.54) is 22.0 Å². The summed E-state index contributed by atoms with van der Waals surface area (Å²) in [5.41, 5.74) is 3.61. The lowest BCUT2D eigenvalue weighted by molar-refractivity contribution is 0.0707. The van der Waals surface area contributed by atoms with Gasteiger partial charge in [-0.15, -0.1) is 0 Å². The Kier molecular flexibility index (Phi) is 4.52. The Balaban J connectivity index is 1.59. The van der Waals surface area contributed by atoms with Crippen LogP contribution >= 0.6 is 0 Å². The van der Waals surface area contributed by atoms with E-state index in [4.69, 9.17) is 0 Å². The van der Waals surface area contributed by atoms with Gasteiger partial charge in [-0.2, -0.15) is 0 Å². The molecule has 27 heavy (non-hydrogen) atoms. The highest BCUT2D eigenvalue weighted by Crippen LogP contribution is 2.28. The van der Waals surface area contributed by atoms with Crippen LogP contribution < -0.4 is 5.56 Å². The summed E-state index contributed by atoms with van der Waals surface area (Å²) in [6, 6.07) is 13.7. The highest BCUT2D eigenvalue weighted by Gasteiger charge is 2.25. The van der Waals surface area contributed by atoms with Crippen LogP contribution in [0.15, 0.2) is 53.6 Å². The number of rotatable bonds is 2. The van der Waals surface area contributed by atoms with Crippen LogP contribution in [0, 0.1) is 6.92 Å².